The predicted molar refractivity (Wildman–Crippen MR) is 85.9 cm³/mol. The SMILES string of the molecule is N[C@@](CCC(=O)O)(C(=O)O)N1C(=O)c2ccc3ccccc3c2C1=O. The highest BCUT2D eigenvalue weighted by Crippen LogP contribution is 2.34. The Balaban J connectivity index is 2.14. The monoisotopic (exact) mass is 342 g/mol. The van der Waals surface area contributed by atoms with E-state index in [4.69, 9.17) is 10.8 Å². The molecule has 0 saturated heterocycles. The number of carboxylic acid groups (broad SMARTS) is 2. The zero-order chi connectivity index (χ0) is 18.4. The van der Waals surface area contributed by atoms with Crippen molar-refractivity contribution in [2.45, 2.75) is 18.5 Å². The topological polar surface area (TPSA) is 138 Å². The summed E-state index contributed by atoms with van der Waals surface area (Å²) in [6.45, 7) is 0. The van der Waals surface area contributed by atoms with Gasteiger partial charge < -0.3 is 10.2 Å². The Morgan fingerprint density at radius 2 is 1.72 bits per heavy atom. The molecule has 8 nitrogen and oxygen atoms in total. The Kier molecular flexibility index (Phi) is 3.77. The average Bonchev–Trinajstić information content (AvgIpc) is 2.84. The molecule has 1 aliphatic heterocycles. The van der Waals surface area contributed by atoms with Gasteiger partial charge in [0.05, 0.1) is 11.1 Å². The van der Waals surface area contributed by atoms with Crippen molar-refractivity contribution >= 4 is 34.5 Å². The highest BCUT2D eigenvalue weighted by Gasteiger charge is 2.52. The van der Waals surface area contributed by atoms with Gasteiger partial charge >= 0.3 is 11.9 Å². The van der Waals surface area contributed by atoms with Crippen LogP contribution in [-0.2, 0) is 9.59 Å². The maximum absolute atomic E-state index is 12.8. The van der Waals surface area contributed by atoms with Crippen LogP contribution in [0.2, 0.25) is 0 Å². The van der Waals surface area contributed by atoms with Crippen molar-refractivity contribution < 1.29 is 29.4 Å². The van der Waals surface area contributed by atoms with E-state index in [1.54, 1.807) is 30.3 Å². The van der Waals surface area contributed by atoms with E-state index in [2.05, 4.69) is 0 Å². The number of hydrogen-bond donors (Lipinski definition) is 3. The van der Waals surface area contributed by atoms with Crippen molar-refractivity contribution in [3.63, 3.8) is 0 Å². The van der Waals surface area contributed by atoms with Crippen molar-refractivity contribution in [1.29, 1.82) is 0 Å². The highest BCUT2D eigenvalue weighted by atomic mass is 16.4. The maximum Gasteiger partial charge on any atom is 0.345 e. The fraction of sp³-hybridized carbons (Fsp3) is 0.176. The van der Waals surface area contributed by atoms with Gasteiger partial charge in [-0.1, -0.05) is 30.3 Å². The molecular weight excluding hydrogens is 328 g/mol. The van der Waals surface area contributed by atoms with E-state index in [1.807, 2.05) is 0 Å². The van der Waals surface area contributed by atoms with Crippen LogP contribution < -0.4 is 5.73 Å². The number of carbonyl (C=O) groups is 4. The number of rotatable bonds is 5. The fourth-order valence-electron chi connectivity index (χ4n) is 2.98. The van der Waals surface area contributed by atoms with Crippen LogP contribution in [-0.4, -0.2) is 44.5 Å². The van der Waals surface area contributed by atoms with Crippen LogP contribution in [0.1, 0.15) is 33.6 Å². The molecule has 0 spiro atoms. The lowest BCUT2D eigenvalue weighted by molar-refractivity contribution is -0.149. The maximum atomic E-state index is 12.8. The first-order valence-electron chi connectivity index (χ1n) is 7.42. The Labute approximate surface area is 141 Å². The van der Waals surface area contributed by atoms with Crippen molar-refractivity contribution in [1.82, 2.24) is 4.90 Å². The molecule has 0 aromatic heterocycles. The van der Waals surface area contributed by atoms with Gasteiger partial charge in [0, 0.05) is 12.8 Å². The summed E-state index contributed by atoms with van der Waals surface area (Å²) in [4.78, 5) is 48.4. The van der Waals surface area contributed by atoms with Crippen molar-refractivity contribution in [3.05, 3.63) is 47.5 Å². The summed E-state index contributed by atoms with van der Waals surface area (Å²) < 4.78 is 0. The van der Waals surface area contributed by atoms with Gasteiger partial charge in [-0.3, -0.25) is 20.1 Å². The average molecular weight is 342 g/mol. The zero-order valence-electron chi connectivity index (χ0n) is 12.9. The molecule has 1 heterocycles. The van der Waals surface area contributed by atoms with Crippen LogP contribution in [0.3, 0.4) is 0 Å². The lowest BCUT2D eigenvalue weighted by Crippen LogP contribution is -2.63. The van der Waals surface area contributed by atoms with Crippen molar-refractivity contribution in [3.8, 4) is 0 Å². The smallest absolute Gasteiger partial charge is 0.345 e. The van der Waals surface area contributed by atoms with Crippen molar-refractivity contribution in [2.24, 2.45) is 5.73 Å². The first kappa shape index (κ1) is 16.6. The molecule has 0 aliphatic carbocycles. The first-order valence-corrected chi connectivity index (χ1v) is 7.42. The Hall–Kier alpha value is -3.26. The quantitative estimate of drug-likeness (QED) is 0.690. The van der Waals surface area contributed by atoms with Gasteiger partial charge in [-0.15, -0.1) is 0 Å². The second-order valence-electron chi connectivity index (χ2n) is 5.78. The van der Waals surface area contributed by atoms with Gasteiger partial charge in [-0.05, 0) is 16.8 Å². The Morgan fingerprint density at radius 1 is 1.04 bits per heavy atom. The summed E-state index contributed by atoms with van der Waals surface area (Å²) in [6, 6.07) is 9.97. The zero-order valence-corrected chi connectivity index (χ0v) is 12.9. The molecule has 128 valence electrons. The molecule has 0 radical (unpaired) electrons. The molecule has 2 amide bonds. The molecule has 3 rings (SSSR count). The molecule has 0 saturated carbocycles. The third-order valence-electron chi connectivity index (χ3n) is 4.27. The number of carbonyl (C=O) groups excluding carboxylic acids is 2. The molecule has 1 atom stereocenters. The molecule has 1 aliphatic rings. The van der Waals surface area contributed by atoms with Gasteiger partial charge in [0.25, 0.3) is 11.8 Å². The molecule has 2 aromatic carbocycles. The second-order valence-corrected chi connectivity index (χ2v) is 5.78. The number of fused-ring (bicyclic) bond motifs is 3. The molecule has 8 heteroatoms. The summed E-state index contributed by atoms with van der Waals surface area (Å²) in [7, 11) is 0. The molecule has 4 N–H and O–H groups in total. The van der Waals surface area contributed by atoms with Crippen molar-refractivity contribution in [2.75, 3.05) is 0 Å². The molecule has 0 bridgehead atoms. The lowest BCUT2D eigenvalue weighted by Gasteiger charge is -2.32. The van der Waals surface area contributed by atoms with Gasteiger partial charge in [-0.2, -0.15) is 0 Å². The minimum atomic E-state index is -2.44. The summed E-state index contributed by atoms with van der Waals surface area (Å²) in [5.74, 6) is -4.61. The molecule has 25 heavy (non-hydrogen) atoms. The molecular formula is C17H14N2O6. The highest BCUT2D eigenvalue weighted by molar-refractivity contribution is 6.27. The number of amides is 2. The standard InChI is InChI=1S/C17H14N2O6/c18-17(16(24)25,8-7-12(20)21)19-14(22)11-6-5-9-3-1-2-4-10(9)13(11)15(19)23/h1-6H,7-8,18H2,(H,20,21)(H,24,25)/t17-/m1/s1. The number of hydrogen-bond acceptors (Lipinski definition) is 5. The molecule has 0 unspecified atom stereocenters. The fourth-order valence-corrected chi connectivity index (χ4v) is 2.98. The van der Waals surface area contributed by atoms with E-state index >= 15 is 0 Å². The number of nitrogens with two attached hydrogens (primary N) is 1. The van der Waals surface area contributed by atoms with Crippen LogP contribution in [0.25, 0.3) is 10.8 Å². The van der Waals surface area contributed by atoms with Gasteiger partial charge in [0.15, 0.2) is 5.66 Å². The number of nitrogens with zero attached hydrogens (tertiary/aromatic N) is 1. The number of carboxylic acids is 2. The number of benzene rings is 2. The van der Waals surface area contributed by atoms with Crippen LogP contribution >= 0.6 is 0 Å². The molecule has 2 aromatic rings. The van der Waals surface area contributed by atoms with E-state index in [1.165, 1.54) is 6.07 Å². The molecule has 0 fully saturated rings. The van der Waals surface area contributed by atoms with E-state index < -0.39 is 42.3 Å². The van der Waals surface area contributed by atoms with E-state index in [-0.39, 0.29) is 11.1 Å². The minimum Gasteiger partial charge on any atom is -0.481 e. The van der Waals surface area contributed by atoms with Gasteiger partial charge in [-0.25, -0.2) is 9.69 Å². The minimum absolute atomic E-state index is 0.0510. The first-order chi connectivity index (χ1) is 11.8. The van der Waals surface area contributed by atoms with Crippen LogP contribution in [0.4, 0.5) is 0 Å². The largest absolute Gasteiger partial charge is 0.481 e. The number of imide groups is 1. The lowest BCUT2D eigenvalue weighted by atomic mass is 10.0. The summed E-state index contributed by atoms with van der Waals surface area (Å²) in [5.41, 5.74) is 3.51. The van der Waals surface area contributed by atoms with E-state index in [9.17, 15) is 24.3 Å². The normalized spacial score (nSPS) is 16.0. The van der Waals surface area contributed by atoms with Crippen LogP contribution in [0.15, 0.2) is 36.4 Å². The third kappa shape index (κ3) is 2.43. The van der Waals surface area contributed by atoms with E-state index in [0.717, 1.165) is 0 Å². The summed E-state index contributed by atoms with van der Waals surface area (Å²) >= 11 is 0. The van der Waals surface area contributed by atoms with Crippen LogP contribution in [0, 0.1) is 0 Å². The predicted octanol–water partition coefficient (Wildman–Crippen LogP) is 1.04. The van der Waals surface area contributed by atoms with E-state index in [0.29, 0.717) is 15.7 Å². The van der Waals surface area contributed by atoms with Crippen LogP contribution in [0.5, 0.6) is 0 Å². The van der Waals surface area contributed by atoms with Gasteiger partial charge in [0.2, 0.25) is 0 Å². The summed E-state index contributed by atoms with van der Waals surface area (Å²) in [6.07, 6.45) is -1.20. The Bertz CT molecular complexity index is 938. The third-order valence-corrected chi connectivity index (χ3v) is 4.27. The second kappa shape index (κ2) is 5.67. The number of aliphatic carboxylic acids is 2. The Morgan fingerprint density at radius 3 is 2.36 bits per heavy atom. The van der Waals surface area contributed by atoms with Gasteiger partial charge in [0.1, 0.15) is 0 Å². The summed E-state index contributed by atoms with van der Waals surface area (Å²) in [5, 5.41) is 19.5.